The van der Waals surface area contributed by atoms with Crippen molar-refractivity contribution in [3.63, 3.8) is 0 Å². The fourth-order valence-electron chi connectivity index (χ4n) is 3.77. The number of aromatic amines is 1. The molecule has 8 nitrogen and oxygen atoms in total. The van der Waals surface area contributed by atoms with Crippen molar-refractivity contribution in [2.75, 3.05) is 13.6 Å². The summed E-state index contributed by atoms with van der Waals surface area (Å²) in [7, 11) is 3.69. The molecular formula is C21H22N6O2. The average Bonchev–Trinajstić information content (AvgIpc) is 3.25. The molecule has 3 N–H and O–H groups in total. The second-order valence-electron chi connectivity index (χ2n) is 7.26. The maximum Gasteiger partial charge on any atom is 0.221 e. The zero-order valence-electron chi connectivity index (χ0n) is 16.3. The summed E-state index contributed by atoms with van der Waals surface area (Å²) in [5.74, 6) is 0.0207. The summed E-state index contributed by atoms with van der Waals surface area (Å²) >= 11 is 0. The smallest absolute Gasteiger partial charge is 0.221 e. The Balaban J connectivity index is 1.42. The quantitative estimate of drug-likeness (QED) is 0.439. The topological polar surface area (TPSA) is 100 Å². The molecule has 1 aliphatic rings. The zero-order chi connectivity index (χ0) is 20.0. The molecule has 5 rings (SSSR count). The van der Waals surface area contributed by atoms with E-state index in [4.69, 9.17) is 4.74 Å². The number of carbonyl (C=O) groups excluding carboxylic acids is 1. The van der Waals surface area contributed by atoms with Gasteiger partial charge in [0.1, 0.15) is 17.8 Å². The van der Waals surface area contributed by atoms with E-state index in [9.17, 15) is 4.79 Å². The minimum Gasteiger partial charge on any atom is -0.359 e. The van der Waals surface area contributed by atoms with Gasteiger partial charge in [-0.1, -0.05) is 6.07 Å². The molecule has 2 atom stereocenters. The van der Waals surface area contributed by atoms with E-state index in [0.29, 0.717) is 13.0 Å². The predicted molar refractivity (Wildman–Crippen MR) is 110 cm³/mol. The Morgan fingerprint density at radius 2 is 2.14 bits per heavy atom. The highest BCUT2D eigenvalue weighted by molar-refractivity contribution is 5.97. The number of hydrogen-bond acceptors (Lipinski definition) is 5. The van der Waals surface area contributed by atoms with Gasteiger partial charge in [-0.15, -0.1) is 0 Å². The normalized spacial score (nSPS) is 18.4. The third kappa shape index (κ3) is 3.26. The van der Waals surface area contributed by atoms with E-state index in [2.05, 4.69) is 54.5 Å². The standard InChI is InChI=1S/C21H22N6O2/c1-22-18(28)5-6-25-21-19(29-21)12-3-4-17-13(9-12)14(11-27(17)2)15-10-16-20(26-15)24-8-7-23-16/h3-4,7-11,19,21,25H,5-6H2,1-2H3,(H,22,28)(H,24,26). The largest absolute Gasteiger partial charge is 0.359 e. The number of aryl methyl sites for hydroxylation is 1. The van der Waals surface area contributed by atoms with Gasteiger partial charge >= 0.3 is 0 Å². The minimum atomic E-state index is -0.0502. The number of ether oxygens (including phenoxy) is 1. The van der Waals surface area contributed by atoms with Crippen LogP contribution in [0.5, 0.6) is 0 Å². The van der Waals surface area contributed by atoms with Crippen LogP contribution in [0.4, 0.5) is 0 Å². The van der Waals surface area contributed by atoms with Crippen LogP contribution < -0.4 is 10.6 Å². The summed E-state index contributed by atoms with van der Waals surface area (Å²) in [6.07, 6.45) is 5.89. The van der Waals surface area contributed by atoms with Gasteiger partial charge in [0.25, 0.3) is 0 Å². The Hall–Kier alpha value is -3.23. The Morgan fingerprint density at radius 3 is 2.97 bits per heavy atom. The second-order valence-corrected chi connectivity index (χ2v) is 7.26. The number of carbonyl (C=O) groups is 1. The number of fused-ring (bicyclic) bond motifs is 2. The van der Waals surface area contributed by atoms with Gasteiger partial charge in [0.15, 0.2) is 5.65 Å². The molecule has 4 heterocycles. The number of aromatic nitrogens is 4. The number of nitrogens with one attached hydrogen (secondary N) is 3. The number of epoxide rings is 1. The number of nitrogens with zero attached hydrogens (tertiary/aromatic N) is 3. The zero-order valence-corrected chi connectivity index (χ0v) is 16.3. The van der Waals surface area contributed by atoms with Crippen molar-refractivity contribution in [3.05, 3.63) is 48.4 Å². The van der Waals surface area contributed by atoms with E-state index in [1.54, 1.807) is 19.4 Å². The van der Waals surface area contributed by atoms with Crippen molar-refractivity contribution in [2.45, 2.75) is 18.8 Å². The van der Waals surface area contributed by atoms with Crippen LogP contribution in [0, 0.1) is 0 Å². The molecule has 2 unspecified atom stereocenters. The van der Waals surface area contributed by atoms with Crippen LogP contribution in [0.1, 0.15) is 18.1 Å². The van der Waals surface area contributed by atoms with Crippen LogP contribution in [-0.4, -0.2) is 45.2 Å². The Kier molecular flexibility index (Phi) is 4.30. The highest BCUT2D eigenvalue weighted by Crippen LogP contribution is 2.40. The highest BCUT2D eigenvalue weighted by Gasteiger charge is 2.40. The van der Waals surface area contributed by atoms with Crippen molar-refractivity contribution >= 4 is 28.0 Å². The molecule has 29 heavy (non-hydrogen) atoms. The molecule has 0 aliphatic carbocycles. The predicted octanol–water partition coefficient (Wildman–Crippen LogP) is 2.24. The molecule has 8 heteroatoms. The first-order valence-electron chi connectivity index (χ1n) is 9.62. The average molecular weight is 390 g/mol. The SMILES string of the molecule is CNC(=O)CCNC1OC1c1ccc2c(c1)c(-c1cc3nccnc3[nH]1)cn2C. The number of rotatable bonds is 6. The second kappa shape index (κ2) is 6.98. The molecule has 4 aromatic rings. The lowest BCUT2D eigenvalue weighted by molar-refractivity contribution is -0.120. The van der Waals surface area contributed by atoms with Crippen molar-refractivity contribution in [2.24, 2.45) is 7.05 Å². The van der Waals surface area contributed by atoms with Crippen LogP contribution in [0.2, 0.25) is 0 Å². The van der Waals surface area contributed by atoms with Gasteiger partial charge in [-0.2, -0.15) is 0 Å². The van der Waals surface area contributed by atoms with Crippen molar-refractivity contribution < 1.29 is 9.53 Å². The molecular weight excluding hydrogens is 368 g/mol. The van der Waals surface area contributed by atoms with Gasteiger partial charge in [-0.25, -0.2) is 4.98 Å². The summed E-state index contributed by atoms with van der Waals surface area (Å²) in [6, 6.07) is 8.44. The van der Waals surface area contributed by atoms with Crippen molar-refractivity contribution in [1.82, 2.24) is 30.2 Å². The van der Waals surface area contributed by atoms with Crippen LogP contribution in [0.25, 0.3) is 33.3 Å². The first-order chi connectivity index (χ1) is 14.1. The van der Waals surface area contributed by atoms with E-state index < -0.39 is 0 Å². The fraction of sp³-hybridized carbons (Fsp3) is 0.286. The van der Waals surface area contributed by atoms with Crippen LogP contribution in [0.15, 0.2) is 42.9 Å². The van der Waals surface area contributed by atoms with Gasteiger partial charge in [0.05, 0.1) is 5.69 Å². The number of hydrogen-bond donors (Lipinski definition) is 3. The van der Waals surface area contributed by atoms with Crippen LogP contribution in [-0.2, 0) is 16.6 Å². The van der Waals surface area contributed by atoms with Crippen LogP contribution in [0.3, 0.4) is 0 Å². The molecule has 0 radical (unpaired) electrons. The molecule has 1 saturated heterocycles. The molecule has 0 spiro atoms. The summed E-state index contributed by atoms with van der Waals surface area (Å²) in [5, 5.41) is 7.05. The summed E-state index contributed by atoms with van der Waals surface area (Å²) in [5.41, 5.74) is 5.99. The highest BCUT2D eigenvalue weighted by atomic mass is 16.6. The lowest BCUT2D eigenvalue weighted by atomic mass is 10.1. The van der Waals surface area contributed by atoms with Crippen LogP contribution >= 0.6 is 0 Å². The third-order valence-electron chi connectivity index (χ3n) is 5.36. The van der Waals surface area contributed by atoms with Gasteiger partial charge in [-0.3, -0.25) is 15.1 Å². The lowest BCUT2D eigenvalue weighted by Crippen LogP contribution is -2.26. The lowest BCUT2D eigenvalue weighted by Gasteiger charge is -2.02. The number of amides is 1. The maximum atomic E-state index is 11.3. The van der Waals surface area contributed by atoms with Gasteiger partial charge < -0.3 is 19.6 Å². The number of H-pyrrole nitrogens is 1. The third-order valence-corrected chi connectivity index (χ3v) is 5.36. The monoisotopic (exact) mass is 390 g/mol. The molecule has 1 aromatic carbocycles. The van der Waals surface area contributed by atoms with Crippen molar-refractivity contribution in [1.29, 1.82) is 0 Å². The fourth-order valence-corrected chi connectivity index (χ4v) is 3.77. The van der Waals surface area contributed by atoms with E-state index >= 15 is 0 Å². The van der Waals surface area contributed by atoms with E-state index in [0.717, 1.165) is 38.9 Å². The summed E-state index contributed by atoms with van der Waals surface area (Å²) in [6.45, 7) is 0.592. The Labute approximate surface area is 167 Å². The summed E-state index contributed by atoms with van der Waals surface area (Å²) in [4.78, 5) is 23.4. The minimum absolute atomic E-state index is 0.00295. The van der Waals surface area contributed by atoms with E-state index in [1.165, 1.54) is 0 Å². The first kappa shape index (κ1) is 17.8. The van der Waals surface area contributed by atoms with Gasteiger partial charge in [-0.05, 0) is 23.8 Å². The molecule has 3 aromatic heterocycles. The van der Waals surface area contributed by atoms with E-state index in [-0.39, 0.29) is 18.2 Å². The molecule has 148 valence electrons. The molecule has 1 fully saturated rings. The molecule has 1 aliphatic heterocycles. The number of benzene rings is 1. The van der Waals surface area contributed by atoms with Crippen molar-refractivity contribution in [3.8, 4) is 11.3 Å². The Morgan fingerprint density at radius 1 is 1.28 bits per heavy atom. The van der Waals surface area contributed by atoms with E-state index in [1.807, 2.05) is 13.1 Å². The maximum absolute atomic E-state index is 11.3. The molecule has 1 amide bonds. The first-order valence-corrected chi connectivity index (χ1v) is 9.62. The molecule has 0 bridgehead atoms. The van der Waals surface area contributed by atoms with Gasteiger partial charge in [0.2, 0.25) is 5.91 Å². The Bertz CT molecular complexity index is 1180. The molecule has 0 saturated carbocycles. The van der Waals surface area contributed by atoms with Gasteiger partial charge in [0, 0.05) is 62.1 Å². The summed E-state index contributed by atoms with van der Waals surface area (Å²) < 4.78 is 7.91.